The molecule has 0 aliphatic rings. The zero-order chi connectivity index (χ0) is 14.5. The van der Waals surface area contributed by atoms with Gasteiger partial charge in [-0.1, -0.05) is 58.8 Å². The minimum atomic E-state index is 0.326. The van der Waals surface area contributed by atoms with Crippen molar-refractivity contribution in [3.63, 3.8) is 0 Å². The molecule has 0 fully saturated rings. The molecule has 1 heterocycles. The van der Waals surface area contributed by atoms with E-state index in [9.17, 15) is 0 Å². The smallest absolute Gasteiger partial charge is 0.145 e. The second kappa shape index (κ2) is 11.8. The molecule has 0 saturated carbocycles. The highest BCUT2D eigenvalue weighted by Crippen LogP contribution is 2.17. The second-order valence-electron chi connectivity index (χ2n) is 5.52. The molecule has 0 aliphatic carbocycles. The Morgan fingerprint density at radius 1 is 0.900 bits per heavy atom. The molecule has 3 heteroatoms. The van der Waals surface area contributed by atoms with E-state index in [1.165, 1.54) is 44.9 Å². The second-order valence-corrected chi connectivity index (χ2v) is 5.52. The van der Waals surface area contributed by atoms with Crippen molar-refractivity contribution < 1.29 is 0 Å². The topological polar surface area (TPSA) is 37.8 Å². The molecule has 0 amide bonds. The molecule has 1 aromatic rings. The first-order valence-electron chi connectivity index (χ1n) is 8.38. The van der Waals surface area contributed by atoms with Gasteiger partial charge in [-0.15, -0.1) is 0 Å². The first kappa shape index (κ1) is 17.1. The van der Waals surface area contributed by atoms with Crippen LogP contribution in [0.2, 0.25) is 0 Å². The third kappa shape index (κ3) is 7.59. The number of aromatic nitrogens is 2. The molecule has 3 nitrogen and oxygen atoms in total. The Hall–Kier alpha value is -0.960. The molecule has 0 saturated heterocycles. The molecule has 0 aromatic carbocycles. The summed E-state index contributed by atoms with van der Waals surface area (Å²) in [5.41, 5.74) is 0. The lowest BCUT2D eigenvalue weighted by Gasteiger charge is -2.16. The van der Waals surface area contributed by atoms with Gasteiger partial charge in [0.15, 0.2) is 0 Å². The van der Waals surface area contributed by atoms with E-state index in [0.717, 1.165) is 25.2 Å². The van der Waals surface area contributed by atoms with Crippen LogP contribution in [-0.4, -0.2) is 16.5 Å². The maximum absolute atomic E-state index is 4.40. The highest BCUT2D eigenvalue weighted by atomic mass is 15.0. The van der Waals surface area contributed by atoms with Gasteiger partial charge in [-0.05, 0) is 25.5 Å². The molecule has 1 unspecified atom stereocenters. The van der Waals surface area contributed by atoms with Crippen LogP contribution in [0.4, 0.5) is 0 Å². The van der Waals surface area contributed by atoms with Crippen molar-refractivity contribution in [1.29, 1.82) is 0 Å². The van der Waals surface area contributed by atoms with Gasteiger partial charge in [0.2, 0.25) is 0 Å². The summed E-state index contributed by atoms with van der Waals surface area (Å²) in [6.45, 7) is 5.51. The van der Waals surface area contributed by atoms with E-state index in [2.05, 4.69) is 29.1 Å². The molecule has 1 atom stereocenters. The largest absolute Gasteiger partial charge is 0.307 e. The number of nitrogens with zero attached hydrogens (tertiary/aromatic N) is 2. The third-order valence-corrected chi connectivity index (χ3v) is 3.63. The third-order valence-electron chi connectivity index (χ3n) is 3.63. The lowest BCUT2D eigenvalue weighted by Crippen LogP contribution is -2.24. The summed E-state index contributed by atoms with van der Waals surface area (Å²) in [7, 11) is 0. The summed E-state index contributed by atoms with van der Waals surface area (Å²) in [5, 5.41) is 3.57. The summed E-state index contributed by atoms with van der Waals surface area (Å²) in [6, 6.07) is 2.21. The highest BCUT2D eigenvalue weighted by molar-refractivity contribution is 4.95. The van der Waals surface area contributed by atoms with E-state index in [-0.39, 0.29) is 0 Å². The Balaban J connectivity index is 2.24. The number of hydrogen-bond acceptors (Lipinski definition) is 3. The summed E-state index contributed by atoms with van der Waals surface area (Å²) in [4.78, 5) is 8.80. The molecule has 1 aromatic heterocycles. The fourth-order valence-corrected chi connectivity index (χ4v) is 2.44. The quantitative estimate of drug-likeness (QED) is 0.565. The molecule has 0 spiro atoms. The average Bonchev–Trinajstić information content (AvgIpc) is 2.50. The zero-order valence-corrected chi connectivity index (χ0v) is 13.3. The van der Waals surface area contributed by atoms with Gasteiger partial charge in [-0.3, -0.25) is 0 Å². The van der Waals surface area contributed by atoms with Crippen LogP contribution in [0.25, 0.3) is 0 Å². The standard InChI is InChI=1S/C17H31N3/c1-3-5-6-7-8-9-10-12-16(18-13-4-2)17-19-14-11-15-20-17/h11,14-16,18H,3-10,12-13H2,1-2H3. The fraction of sp³-hybridized carbons (Fsp3) is 0.765. The van der Waals surface area contributed by atoms with E-state index in [0.29, 0.717) is 6.04 Å². The van der Waals surface area contributed by atoms with Crippen LogP contribution in [0.5, 0.6) is 0 Å². The van der Waals surface area contributed by atoms with Crippen LogP contribution in [0.3, 0.4) is 0 Å². The predicted octanol–water partition coefficient (Wildman–Crippen LogP) is 4.66. The average molecular weight is 277 g/mol. The first-order valence-corrected chi connectivity index (χ1v) is 8.38. The molecule has 0 bridgehead atoms. The summed E-state index contributed by atoms with van der Waals surface area (Å²) in [5.74, 6) is 0.951. The van der Waals surface area contributed by atoms with Crippen molar-refractivity contribution in [2.45, 2.75) is 77.7 Å². The summed E-state index contributed by atoms with van der Waals surface area (Å²) >= 11 is 0. The van der Waals surface area contributed by atoms with Crippen LogP contribution in [-0.2, 0) is 0 Å². The molecular formula is C17H31N3. The number of rotatable bonds is 12. The molecule has 0 radical (unpaired) electrons. The van der Waals surface area contributed by atoms with Gasteiger partial charge in [0.1, 0.15) is 5.82 Å². The van der Waals surface area contributed by atoms with Crippen LogP contribution in [0.1, 0.15) is 83.5 Å². The molecule has 1 N–H and O–H groups in total. The minimum Gasteiger partial charge on any atom is -0.307 e. The lowest BCUT2D eigenvalue weighted by molar-refractivity contribution is 0.448. The molecule has 0 aliphatic heterocycles. The van der Waals surface area contributed by atoms with Gasteiger partial charge in [0.05, 0.1) is 6.04 Å². The Morgan fingerprint density at radius 2 is 1.55 bits per heavy atom. The molecular weight excluding hydrogens is 246 g/mol. The van der Waals surface area contributed by atoms with Gasteiger partial charge in [0.25, 0.3) is 0 Å². The monoisotopic (exact) mass is 277 g/mol. The van der Waals surface area contributed by atoms with Crippen LogP contribution < -0.4 is 5.32 Å². The van der Waals surface area contributed by atoms with E-state index in [1.54, 1.807) is 0 Å². The van der Waals surface area contributed by atoms with Crippen LogP contribution in [0.15, 0.2) is 18.5 Å². The van der Waals surface area contributed by atoms with E-state index in [4.69, 9.17) is 0 Å². The van der Waals surface area contributed by atoms with Crippen molar-refractivity contribution in [2.24, 2.45) is 0 Å². The summed E-state index contributed by atoms with van der Waals surface area (Å²) in [6.07, 6.45) is 15.5. The van der Waals surface area contributed by atoms with E-state index < -0.39 is 0 Å². The van der Waals surface area contributed by atoms with E-state index >= 15 is 0 Å². The van der Waals surface area contributed by atoms with Gasteiger partial charge >= 0.3 is 0 Å². The lowest BCUT2D eigenvalue weighted by atomic mass is 10.0. The van der Waals surface area contributed by atoms with Crippen LogP contribution >= 0.6 is 0 Å². The maximum atomic E-state index is 4.40. The van der Waals surface area contributed by atoms with Crippen molar-refractivity contribution in [2.75, 3.05) is 6.54 Å². The highest BCUT2D eigenvalue weighted by Gasteiger charge is 2.12. The van der Waals surface area contributed by atoms with Gasteiger partial charge < -0.3 is 5.32 Å². The minimum absolute atomic E-state index is 0.326. The van der Waals surface area contributed by atoms with Crippen molar-refractivity contribution in [1.82, 2.24) is 15.3 Å². The number of nitrogens with one attached hydrogen (secondary N) is 1. The zero-order valence-electron chi connectivity index (χ0n) is 13.3. The molecule has 1 rings (SSSR count). The SMILES string of the molecule is CCCCCCCCCC(NCCC)c1ncccn1. The Kier molecular flexibility index (Phi) is 10.1. The number of hydrogen-bond donors (Lipinski definition) is 1. The van der Waals surface area contributed by atoms with Crippen molar-refractivity contribution >= 4 is 0 Å². The van der Waals surface area contributed by atoms with E-state index in [1.807, 2.05) is 18.5 Å². The van der Waals surface area contributed by atoms with Crippen molar-refractivity contribution in [3.8, 4) is 0 Å². The van der Waals surface area contributed by atoms with Gasteiger partial charge in [-0.2, -0.15) is 0 Å². The number of unbranched alkanes of at least 4 members (excludes halogenated alkanes) is 6. The molecule has 20 heavy (non-hydrogen) atoms. The molecule has 114 valence electrons. The summed E-state index contributed by atoms with van der Waals surface area (Å²) < 4.78 is 0. The Bertz CT molecular complexity index is 313. The maximum Gasteiger partial charge on any atom is 0.145 e. The Labute approximate surface area is 124 Å². The van der Waals surface area contributed by atoms with Crippen LogP contribution in [0, 0.1) is 0 Å². The fourth-order valence-electron chi connectivity index (χ4n) is 2.44. The predicted molar refractivity (Wildman–Crippen MR) is 85.7 cm³/mol. The first-order chi connectivity index (χ1) is 9.88. The normalized spacial score (nSPS) is 12.5. The van der Waals surface area contributed by atoms with Crippen molar-refractivity contribution in [3.05, 3.63) is 24.3 Å². The van der Waals surface area contributed by atoms with Gasteiger partial charge in [-0.25, -0.2) is 9.97 Å². The van der Waals surface area contributed by atoms with Gasteiger partial charge in [0, 0.05) is 12.4 Å². The Morgan fingerprint density at radius 3 is 2.20 bits per heavy atom.